The van der Waals surface area contributed by atoms with Gasteiger partial charge in [-0.25, -0.2) is 9.38 Å². The Morgan fingerprint density at radius 2 is 2.12 bits per heavy atom. The molecule has 0 radical (unpaired) electrons. The van der Waals surface area contributed by atoms with Crippen LogP contribution in [0.2, 0.25) is 5.02 Å². The summed E-state index contributed by atoms with van der Waals surface area (Å²) in [6.07, 6.45) is 2.60. The molecule has 0 aromatic heterocycles. The third-order valence-electron chi connectivity index (χ3n) is 6.22. The van der Waals surface area contributed by atoms with Crippen molar-refractivity contribution in [3.05, 3.63) is 62.8 Å². The van der Waals surface area contributed by atoms with Gasteiger partial charge in [-0.1, -0.05) is 24.6 Å². The van der Waals surface area contributed by atoms with Crippen molar-refractivity contribution in [3.63, 3.8) is 0 Å². The Morgan fingerprint density at radius 1 is 1.38 bits per heavy atom. The second kappa shape index (κ2) is 8.56. The zero-order chi connectivity index (χ0) is 23.2. The number of nitrogens with one attached hydrogen (secondary N) is 1. The highest BCUT2D eigenvalue weighted by atomic mass is 35.5. The Hall–Kier alpha value is -2.31. The van der Waals surface area contributed by atoms with Gasteiger partial charge in [-0.2, -0.15) is 0 Å². The van der Waals surface area contributed by atoms with E-state index in [2.05, 4.69) is 42.9 Å². The van der Waals surface area contributed by atoms with Gasteiger partial charge in [0.05, 0.1) is 10.6 Å². The van der Waals surface area contributed by atoms with Crippen LogP contribution in [0.25, 0.3) is 6.08 Å². The molecule has 1 amide bonds. The predicted octanol–water partition coefficient (Wildman–Crippen LogP) is 6.79. The van der Waals surface area contributed by atoms with E-state index in [1.54, 1.807) is 18.2 Å². The molecule has 1 N–H and O–H groups in total. The first kappa shape index (κ1) is 22.9. The summed E-state index contributed by atoms with van der Waals surface area (Å²) >= 11 is 7.37. The van der Waals surface area contributed by atoms with Gasteiger partial charge in [0.1, 0.15) is 5.82 Å². The molecule has 0 bridgehead atoms. The SMILES string of the molecule is CCN1c2cc(F)c(/C=C3/SC(=Nc4cccc(Cl)c4C)NC3=O)cc2C(C)CC1(C)C. The maximum atomic E-state index is 15.1. The molecule has 4 nitrogen and oxygen atoms in total. The van der Waals surface area contributed by atoms with Crippen LogP contribution in [0.1, 0.15) is 56.7 Å². The predicted molar refractivity (Wildman–Crippen MR) is 134 cm³/mol. The number of amides is 1. The maximum absolute atomic E-state index is 15.1. The van der Waals surface area contributed by atoms with Crippen LogP contribution in [0.3, 0.4) is 0 Å². The number of hydrogen-bond acceptors (Lipinski definition) is 4. The van der Waals surface area contributed by atoms with Gasteiger partial charge in [0, 0.05) is 28.4 Å². The number of anilines is 1. The van der Waals surface area contributed by atoms with Crippen molar-refractivity contribution in [1.29, 1.82) is 0 Å². The van der Waals surface area contributed by atoms with Gasteiger partial charge in [-0.15, -0.1) is 0 Å². The smallest absolute Gasteiger partial charge is 0.264 e. The Labute approximate surface area is 197 Å². The molecule has 1 atom stereocenters. The topological polar surface area (TPSA) is 44.7 Å². The molecule has 168 valence electrons. The van der Waals surface area contributed by atoms with E-state index >= 15 is 4.39 Å². The van der Waals surface area contributed by atoms with E-state index in [0.717, 1.165) is 29.8 Å². The van der Waals surface area contributed by atoms with Crippen molar-refractivity contribution < 1.29 is 9.18 Å². The lowest BCUT2D eigenvalue weighted by Gasteiger charge is -2.47. The number of carbonyl (C=O) groups is 1. The molecule has 1 saturated heterocycles. The number of amidine groups is 1. The molecule has 32 heavy (non-hydrogen) atoms. The highest BCUT2D eigenvalue weighted by molar-refractivity contribution is 8.18. The molecule has 2 aromatic rings. The van der Waals surface area contributed by atoms with E-state index in [4.69, 9.17) is 11.6 Å². The Kier molecular flexibility index (Phi) is 6.12. The monoisotopic (exact) mass is 471 g/mol. The van der Waals surface area contributed by atoms with Crippen LogP contribution < -0.4 is 10.2 Å². The number of nitrogens with zero attached hydrogens (tertiary/aromatic N) is 2. The molecule has 0 aliphatic carbocycles. The Bertz CT molecular complexity index is 1160. The number of halogens is 2. The highest BCUT2D eigenvalue weighted by Gasteiger charge is 2.36. The van der Waals surface area contributed by atoms with Crippen molar-refractivity contribution in [2.75, 3.05) is 11.4 Å². The summed E-state index contributed by atoms with van der Waals surface area (Å²) in [6, 6.07) is 8.97. The first-order valence-electron chi connectivity index (χ1n) is 10.8. The van der Waals surface area contributed by atoms with Crippen molar-refractivity contribution in [1.82, 2.24) is 5.32 Å². The summed E-state index contributed by atoms with van der Waals surface area (Å²) in [5, 5.41) is 3.84. The number of benzene rings is 2. The van der Waals surface area contributed by atoms with Crippen LogP contribution in [-0.2, 0) is 4.79 Å². The van der Waals surface area contributed by atoms with Crippen molar-refractivity contribution in [3.8, 4) is 0 Å². The fourth-order valence-corrected chi connectivity index (χ4v) is 5.67. The molecule has 2 aromatic carbocycles. The molecule has 2 aliphatic rings. The van der Waals surface area contributed by atoms with Crippen molar-refractivity contribution >= 4 is 51.9 Å². The molecule has 4 rings (SSSR count). The summed E-state index contributed by atoms with van der Waals surface area (Å²) in [4.78, 5) is 19.7. The average molecular weight is 472 g/mol. The van der Waals surface area contributed by atoms with Gasteiger partial charge in [0.15, 0.2) is 5.17 Å². The Balaban J connectivity index is 1.68. The number of thioether (sulfide) groups is 1. The number of fused-ring (bicyclic) bond motifs is 1. The normalized spacial score (nSPS) is 22.4. The molecular weight excluding hydrogens is 445 g/mol. The zero-order valence-corrected chi connectivity index (χ0v) is 20.5. The number of hydrogen-bond donors (Lipinski definition) is 1. The van der Waals surface area contributed by atoms with E-state index in [9.17, 15) is 4.79 Å². The highest BCUT2D eigenvalue weighted by Crippen LogP contribution is 2.44. The minimum atomic E-state index is -0.330. The second-order valence-electron chi connectivity index (χ2n) is 8.96. The van der Waals surface area contributed by atoms with Gasteiger partial charge in [0.2, 0.25) is 0 Å². The second-order valence-corrected chi connectivity index (χ2v) is 10.4. The lowest BCUT2D eigenvalue weighted by molar-refractivity contribution is -0.115. The molecule has 0 spiro atoms. The largest absolute Gasteiger partial charge is 0.366 e. The fraction of sp³-hybridized carbons (Fsp3) is 0.360. The average Bonchev–Trinajstić information content (AvgIpc) is 3.05. The molecule has 1 fully saturated rings. The zero-order valence-electron chi connectivity index (χ0n) is 18.9. The van der Waals surface area contributed by atoms with Gasteiger partial charge in [0.25, 0.3) is 5.91 Å². The van der Waals surface area contributed by atoms with E-state index in [1.807, 2.05) is 25.1 Å². The molecule has 1 unspecified atom stereocenters. The molecular formula is C25H27ClFN3OS. The molecule has 7 heteroatoms. The third-order valence-corrected chi connectivity index (χ3v) is 7.54. The van der Waals surface area contributed by atoms with Crippen LogP contribution in [0.15, 0.2) is 40.2 Å². The van der Waals surface area contributed by atoms with Gasteiger partial charge >= 0.3 is 0 Å². The lowest BCUT2D eigenvalue weighted by Crippen LogP contribution is -2.48. The van der Waals surface area contributed by atoms with Gasteiger partial charge in [-0.3, -0.25) is 4.79 Å². The van der Waals surface area contributed by atoms with E-state index in [1.165, 1.54) is 11.8 Å². The van der Waals surface area contributed by atoms with E-state index in [0.29, 0.717) is 32.3 Å². The first-order chi connectivity index (χ1) is 15.1. The standard InChI is InChI=1S/C25H27ClFN3OS/c1-6-30-21-12-19(27)16(10-17(21)14(2)13-25(30,4)5)11-22-23(31)29-24(32-22)28-20-9-7-8-18(26)15(20)3/h7-12,14H,6,13H2,1-5H3,(H,28,29,31)/b22-11+. The summed E-state index contributed by atoms with van der Waals surface area (Å²) in [5.41, 5.74) is 3.98. The van der Waals surface area contributed by atoms with Crippen LogP contribution in [0.5, 0.6) is 0 Å². The van der Waals surface area contributed by atoms with Crippen molar-refractivity contribution in [2.24, 2.45) is 4.99 Å². The number of carbonyl (C=O) groups excluding carboxylic acids is 1. The van der Waals surface area contributed by atoms with Gasteiger partial charge < -0.3 is 10.2 Å². The fourth-order valence-electron chi connectivity index (χ4n) is 4.68. The number of rotatable bonds is 3. The van der Waals surface area contributed by atoms with Crippen LogP contribution >= 0.6 is 23.4 Å². The summed E-state index contributed by atoms with van der Waals surface area (Å²) in [6.45, 7) is 11.4. The number of aliphatic imine (C=N–C) groups is 1. The van der Waals surface area contributed by atoms with Crippen LogP contribution in [0, 0.1) is 12.7 Å². The molecule has 0 saturated carbocycles. The van der Waals surface area contributed by atoms with E-state index in [-0.39, 0.29) is 17.3 Å². The minimum absolute atomic E-state index is 0.0292. The third kappa shape index (κ3) is 4.18. The van der Waals surface area contributed by atoms with Crippen LogP contribution in [-0.4, -0.2) is 23.2 Å². The van der Waals surface area contributed by atoms with Crippen molar-refractivity contribution in [2.45, 2.75) is 52.5 Å². The summed E-state index contributed by atoms with van der Waals surface area (Å²) < 4.78 is 15.1. The van der Waals surface area contributed by atoms with Crippen LogP contribution in [0.4, 0.5) is 15.8 Å². The van der Waals surface area contributed by atoms with Gasteiger partial charge in [-0.05, 0) is 93.3 Å². The Morgan fingerprint density at radius 3 is 2.84 bits per heavy atom. The molecule has 2 aliphatic heterocycles. The molecule has 2 heterocycles. The van der Waals surface area contributed by atoms with E-state index < -0.39 is 0 Å². The first-order valence-corrected chi connectivity index (χ1v) is 12.0. The maximum Gasteiger partial charge on any atom is 0.264 e. The lowest BCUT2D eigenvalue weighted by atomic mass is 9.79. The summed E-state index contributed by atoms with van der Waals surface area (Å²) in [5.74, 6) is -0.312. The minimum Gasteiger partial charge on any atom is -0.366 e. The summed E-state index contributed by atoms with van der Waals surface area (Å²) in [7, 11) is 0. The quantitative estimate of drug-likeness (QED) is 0.501.